The van der Waals surface area contributed by atoms with E-state index in [1.807, 2.05) is 32.0 Å². The van der Waals surface area contributed by atoms with Crippen LogP contribution in [-0.4, -0.2) is 23.6 Å². The van der Waals surface area contributed by atoms with E-state index < -0.39 is 5.97 Å². The molecule has 2 N–H and O–H groups in total. The normalized spacial score (nSPS) is 10.2. The van der Waals surface area contributed by atoms with Gasteiger partial charge in [-0.25, -0.2) is 4.79 Å². The number of amides is 1. The van der Waals surface area contributed by atoms with Crippen molar-refractivity contribution in [3.05, 3.63) is 45.6 Å². The van der Waals surface area contributed by atoms with E-state index in [-0.39, 0.29) is 23.1 Å². The summed E-state index contributed by atoms with van der Waals surface area (Å²) in [6, 6.07) is 7.18. The number of hydrogen-bond acceptors (Lipinski definition) is 4. The second-order valence-electron chi connectivity index (χ2n) is 4.50. The summed E-state index contributed by atoms with van der Waals surface area (Å²) in [6.07, 6.45) is 0. The average Bonchev–Trinajstić information content (AvgIpc) is 2.90. The maximum Gasteiger partial charge on any atom is 0.349 e. The number of thiophene rings is 1. The number of carbonyl (C=O) groups is 2. The van der Waals surface area contributed by atoms with Crippen molar-refractivity contribution >= 4 is 28.9 Å². The second kappa shape index (κ2) is 6.41. The van der Waals surface area contributed by atoms with Gasteiger partial charge in [0.2, 0.25) is 0 Å². The van der Waals surface area contributed by atoms with Crippen molar-refractivity contribution in [2.75, 3.05) is 11.9 Å². The number of benzene rings is 1. The van der Waals surface area contributed by atoms with E-state index in [4.69, 9.17) is 9.84 Å². The van der Waals surface area contributed by atoms with E-state index in [0.29, 0.717) is 0 Å². The minimum Gasteiger partial charge on any atom is -0.482 e. The molecule has 0 spiro atoms. The number of rotatable bonds is 5. The molecule has 2 aromatic rings. The Labute approximate surface area is 126 Å². The fourth-order valence-electron chi connectivity index (χ4n) is 1.78. The zero-order valence-electron chi connectivity index (χ0n) is 11.7. The molecular weight excluding hydrogens is 290 g/mol. The van der Waals surface area contributed by atoms with Gasteiger partial charge in [0.25, 0.3) is 5.91 Å². The fraction of sp³-hybridized carbons (Fsp3) is 0.200. The number of carboxylic acid groups (broad SMARTS) is 1. The molecule has 110 valence electrons. The van der Waals surface area contributed by atoms with Crippen molar-refractivity contribution < 1.29 is 19.4 Å². The highest BCUT2D eigenvalue weighted by atomic mass is 32.1. The third-order valence-electron chi connectivity index (χ3n) is 3.06. The van der Waals surface area contributed by atoms with Gasteiger partial charge in [-0.15, -0.1) is 11.3 Å². The molecule has 1 amide bonds. The summed E-state index contributed by atoms with van der Waals surface area (Å²) in [5.74, 6) is -1.18. The summed E-state index contributed by atoms with van der Waals surface area (Å²) < 4.78 is 5.26. The number of aromatic carboxylic acids is 1. The summed E-state index contributed by atoms with van der Waals surface area (Å²) in [6.45, 7) is 3.66. The molecule has 1 aromatic carbocycles. The Morgan fingerprint density at radius 1 is 1.29 bits per heavy atom. The van der Waals surface area contributed by atoms with Crippen LogP contribution in [0.4, 0.5) is 5.69 Å². The summed E-state index contributed by atoms with van der Waals surface area (Å²) in [5.41, 5.74) is 2.81. The first-order valence-corrected chi connectivity index (χ1v) is 7.16. The second-order valence-corrected chi connectivity index (χ2v) is 5.42. The van der Waals surface area contributed by atoms with Crippen molar-refractivity contribution in [1.82, 2.24) is 0 Å². The number of hydrogen-bond donors (Lipinski definition) is 2. The monoisotopic (exact) mass is 305 g/mol. The first-order valence-electron chi connectivity index (χ1n) is 6.28. The molecule has 6 heteroatoms. The predicted octanol–water partition coefficient (Wildman–Crippen LogP) is 3.08. The number of carbonyl (C=O) groups excluding carboxylic acids is 1. The Morgan fingerprint density at radius 3 is 2.76 bits per heavy atom. The van der Waals surface area contributed by atoms with E-state index in [1.54, 1.807) is 11.4 Å². The van der Waals surface area contributed by atoms with Gasteiger partial charge < -0.3 is 15.2 Å². The molecule has 1 heterocycles. The quantitative estimate of drug-likeness (QED) is 0.890. The van der Waals surface area contributed by atoms with Crippen molar-refractivity contribution in [3.8, 4) is 5.75 Å². The minimum absolute atomic E-state index is 0.0922. The first-order chi connectivity index (χ1) is 9.99. The summed E-state index contributed by atoms with van der Waals surface area (Å²) in [7, 11) is 0. The fourth-order valence-corrected chi connectivity index (χ4v) is 2.45. The van der Waals surface area contributed by atoms with Gasteiger partial charge in [0.05, 0.1) is 0 Å². The topological polar surface area (TPSA) is 75.6 Å². The van der Waals surface area contributed by atoms with Crippen LogP contribution in [-0.2, 0) is 4.79 Å². The van der Waals surface area contributed by atoms with Crippen LogP contribution in [0.15, 0.2) is 29.6 Å². The van der Waals surface area contributed by atoms with E-state index >= 15 is 0 Å². The SMILES string of the molecule is Cc1cccc(NC(=O)COc2ccsc2C(=O)O)c1C. The van der Waals surface area contributed by atoms with Gasteiger partial charge in [-0.05, 0) is 42.5 Å². The van der Waals surface area contributed by atoms with Crippen LogP contribution in [0.2, 0.25) is 0 Å². The lowest BCUT2D eigenvalue weighted by Crippen LogP contribution is -2.21. The molecular formula is C15H15NO4S. The Hall–Kier alpha value is -2.34. The van der Waals surface area contributed by atoms with Crippen LogP contribution in [0.5, 0.6) is 5.75 Å². The van der Waals surface area contributed by atoms with Gasteiger partial charge >= 0.3 is 5.97 Å². The molecule has 1 aromatic heterocycles. The van der Waals surface area contributed by atoms with E-state index in [2.05, 4.69) is 5.32 Å². The highest BCUT2D eigenvalue weighted by Gasteiger charge is 2.14. The molecule has 2 rings (SSSR count). The summed E-state index contributed by atoms with van der Waals surface area (Å²) >= 11 is 1.06. The van der Waals surface area contributed by atoms with Gasteiger partial charge in [0, 0.05) is 5.69 Å². The van der Waals surface area contributed by atoms with E-state index in [9.17, 15) is 9.59 Å². The van der Waals surface area contributed by atoms with Crippen LogP contribution >= 0.6 is 11.3 Å². The molecule has 0 aliphatic rings. The Kier molecular flexibility index (Phi) is 4.59. The van der Waals surface area contributed by atoms with Crippen molar-refractivity contribution in [3.63, 3.8) is 0 Å². The van der Waals surface area contributed by atoms with Crippen LogP contribution in [0.3, 0.4) is 0 Å². The zero-order valence-corrected chi connectivity index (χ0v) is 12.5. The minimum atomic E-state index is -1.06. The van der Waals surface area contributed by atoms with Gasteiger partial charge in [0.1, 0.15) is 5.75 Å². The molecule has 0 atom stereocenters. The molecule has 21 heavy (non-hydrogen) atoms. The smallest absolute Gasteiger partial charge is 0.349 e. The molecule has 5 nitrogen and oxygen atoms in total. The Bertz CT molecular complexity index is 678. The number of carboxylic acids is 1. The molecule has 0 fully saturated rings. The highest BCUT2D eigenvalue weighted by Crippen LogP contribution is 2.24. The molecule has 0 aliphatic heterocycles. The maximum atomic E-state index is 11.9. The number of aryl methyl sites for hydroxylation is 1. The third-order valence-corrected chi connectivity index (χ3v) is 3.94. The maximum absolute atomic E-state index is 11.9. The van der Waals surface area contributed by atoms with Crippen LogP contribution in [0.1, 0.15) is 20.8 Å². The highest BCUT2D eigenvalue weighted by molar-refractivity contribution is 7.12. The molecule has 0 saturated heterocycles. The Balaban J connectivity index is 1.98. The summed E-state index contributed by atoms with van der Waals surface area (Å²) in [5, 5.41) is 13.3. The third kappa shape index (κ3) is 3.61. The molecule has 0 aliphatic carbocycles. The molecule has 0 bridgehead atoms. The van der Waals surface area contributed by atoms with Crippen LogP contribution in [0, 0.1) is 13.8 Å². The van der Waals surface area contributed by atoms with E-state index in [0.717, 1.165) is 28.2 Å². The Morgan fingerprint density at radius 2 is 2.05 bits per heavy atom. The molecule has 0 unspecified atom stereocenters. The lowest BCUT2D eigenvalue weighted by Gasteiger charge is -2.11. The lowest BCUT2D eigenvalue weighted by molar-refractivity contribution is -0.118. The number of anilines is 1. The largest absolute Gasteiger partial charge is 0.482 e. The lowest BCUT2D eigenvalue weighted by atomic mass is 10.1. The van der Waals surface area contributed by atoms with Crippen molar-refractivity contribution in [1.29, 1.82) is 0 Å². The van der Waals surface area contributed by atoms with Crippen molar-refractivity contribution in [2.45, 2.75) is 13.8 Å². The van der Waals surface area contributed by atoms with Gasteiger partial charge in [0.15, 0.2) is 11.5 Å². The van der Waals surface area contributed by atoms with Gasteiger partial charge in [-0.3, -0.25) is 4.79 Å². The number of nitrogens with one attached hydrogen (secondary N) is 1. The zero-order chi connectivity index (χ0) is 15.4. The number of ether oxygens (including phenoxy) is 1. The van der Waals surface area contributed by atoms with Gasteiger partial charge in [-0.2, -0.15) is 0 Å². The first kappa shape index (κ1) is 15.1. The summed E-state index contributed by atoms with van der Waals surface area (Å²) in [4.78, 5) is 22.9. The molecule has 0 radical (unpaired) electrons. The van der Waals surface area contributed by atoms with E-state index in [1.165, 1.54) is 0 Å². The van der Waals surface area contributed by atoms with Gasteiger partial charge in [-0.1, -0.05) is 12.1 Å². The standard InChI is InChI=1S/C15H15NO4S/c1-9-4-3-5-11(10(9)2)16-13(17)8-20-12-6-7-21-14(12)15(18)19/h3-7H,8H2,1-2H3,(H,16,17)(H,18,19). The predicted molar refractivity (Wildman–Crippen MR) is 81.3 cm³/mol. The average molecular weight is 305 g/mol. The van der Waals surface area contributed by atoms with Crippen molar-refractivity contribution in [2.24, 2.45) is 0 Å². The van der Waals surface area contributed by atoms with Crippen LogP contribution < -0.4 is 10.1 Å². The molecule has 0 saturated carbocycles. The van der Waals surface area contributed by atoms with Crippen LogP contribution in [0.25, 0.3) is 0 Å².